The van der Waals surface area contributed by atoms with Gasteiger partial charge in [-0.3, -0.25) is 4.68 Å². The van der Waals surface area contributed by atoms with Crippen molar-refractivity contribution >= 4 is 0 Å². The van der Waals surface area contributed by atoms with Crippen LogP contribution < -0.4 is 5.32 Å². The van der Waals surface area contributed by atoms with Gasteiger partial charge in [0.05, 0.1) is 11.7 Å². The van der Waals surface area contributed by atoms with E-state index in [0.717, 1.165) is 29.8 Å². The minimum atomic E-state index is -0.159. The van der Waals surface area contributed by atoms with Gasteiger partial charge < -0.3 is 5.32 Å². The highest BCUT2D eigenvalue weighted by Crippen LogP contribution is 2.32. The fourth-order valence-electron chi connectivity index (χ4n) is 2.72. The van der Waals surface area contributed by atoms with E-state index in [1.807, 2.05) is 30.1 Å². The second-order valence-electron chi connectivity index (χ2n) is 5.21. The fourth-order valence-corrected chi connectivity index (χ4v) is 2.72. The van der Waals surface area contributed by atoms with E-state index in [4.69, 9.17) is 0 Å². The first-order valence-corrected chi connectivity index (χ1v) is 6.68. The van der Waals surface area contributed by atoms with E-state index in [1.54, 1.807) is 6.92 Å². The summed E-state index contributed by atoms with van der Waals surface area (Å²) in [5, 5.41) is 8.05. The standard InChI is InChI=1S/C15H18FN3/c1-10-8-11(5-6-13(10)16)12-9-19(2)18-15(12)14-4-3-7-17-14/h5-6,8-9,14,17H,3-4,7H2,1-2H3. The second-order valence-corrected chi connectivity index (χ2v) is 5.21. The topological polar surface area (TPSA) is 29.9 Å². The molecule has 0 bridgehead atoms. The SMILES string of the molecule is Cc1cc(-c2cn(C)nc2C2CCCN2)ccc1F. The lowest BCUT2D eigenvalue weighted by atomic mass is 10.00. The van der Waals surface area contributed by atoms with Gasteiger partial charge in [-0.1, -0.05) is 6.07 Å². The molecule has 1 aromatic carbocycles. The number of rotatable bonds is 2. The van der Waals surface area contributed by atoms with Crippen molar-refractivity contribution in [3.8, 4) is 11.1 Å². The molecule has 19 heavy (non-hydrogen) atoms. The molecule has 100 valence electrons. The average Bonchev–Trinajstić information content (AvgIpc) is 3.01. The van der Waals surface area contributed by atoms with Crippen molar-refractivity contribution in [2.24, 2.45) is 7.05 Å². The predicted octanol–water partition coefficient (Wildman–Crippen LogP) is 2.96. The van der Waals surface area contributed by atoms with Gasteiger partial charge in [0.25, 0.3) is 0 Å². The minimum Gasteiger partial charge on any atom is -0.309 e. The molecule has 0 radical (unpaired) electrons. The Labute approximate surface area is 112 Å². The molecule has 0 spiro atoms. The third-order valence-electron chi connectivity index (χ3n) is 3.72. The fraction of sp³-hybridized carbons (Fsp3) is 0.400. The first-order chi connectivity index (χ1) is 9.15. The van der Waals surface area contributed by atoms with E-state index in [2.05, 4.69) is 10.4 Å². The van der Waals surface area contributed by atoms with E-state index in [9.17, 15) is 4.39 Å². The molecule has 1 atom stereocenters. The van der Waals surface area contributed by atoms with Crippen LogP contribution in [-0.2, 0) is 7.05 Å². The maximum atomic E-state index is 13.4. The molecule has 0 amide bonds. The van der Waals surface area contributed by atoms with Crippen LogP contribution >= 0.6 is 0 Å². The molecular weight excluding hydrogens is 241 g/mol. The summed E-state index contributed by atoms with van der Waals surface area (Å²) >= 11 is 0. The Morgan fingerprint density at radius 1 is 1.42 bits per heavy atom. The Morgan fingerprint density at radius 3 is 2.95 bits per heavy atom. The van der Waals surface area contributed by atoms with Crippen molar-refractivity contribution in [3.63, 3.8) is 0 Å². The number of aryl methyl sites for hydroxylation is 2. The van der Waals surface area contributed by atoms with Gasteiger partial charge in [0, 0.05) is 18.8 Å². The van der Waals surface area contributed by atoms with Gasteiger partial charge in [0.1, 0.15) is 5.82 Å². The Balaban J connectivity index is 2.05. The molecule has 1 saturated heterocycles. The third-order valence-corrected chi connectivity index (χ3v) is 3.72. The molecule has 0 saturated carbocycles. The maximum Gasteiger partial charge on any atom is 0.126 e. The highest BCUT2D eigenvalue weighted by Gasteiger charge is 2.23. The number of hydrogen-bond acceptors (Lipinski definition) is 2. The lowest BCUT2D eigenvalue weighted by molar-refractivity contribution is 0.607. The summed E-state index contributed by atoms with van der Waals surface area (Å²) in [5.41, 5.74) is 3.89. The van der Waals surface area contributed by atoms with Gasteiger partial charge >= 0.3 is 0 Å². The highest BCUT2D eigenvalue weighted by atomic mass is 19.1. The smallest absolute Gasteiger partial charge is 0.126 e. The summed E-state index contributed by atoms with van der Waals surface area (Å²) in [4.78, 5) is 0. The largest absolute Gasteiger partial charge is 0.309 e. The Morgan fingerprint density at radius 2 is 2.26 bits per heavy atom. The zero-order chi connectivity index (χ0) is 13.4. The normalized spacial score (nSPS) is 19.0. The Bertz CT molecular complexity index is 597. The molecule has 1 aromatic heterocycles. The van der Waals surface area contributed by atoms with Crippen LogP contribution in [0.15, 0.2) is 24.4 Å². The lowest BCUT2D eigenvalue weighted by Crippen LogP contribution is -2.14. The van der Waals surface area contributed by atoms with Crippen molar-refractivity contribution in [2.75, 3.05) is 6.54 Å². The summed E-state index contributed by atoms with van der Waals surface area (Å²) in [6.07, 6.45) is 4.31. The summed E-state index contributed by atoms with van der Waals surface area (Å²) in [6.45, 7) is 2.84. The number of benzene rings is 1. The Kier molecular flexibility index (Phi) is 3.11. The molecule has 2 heterocycles. The zero-order valence-electron chi connectivity index (χ0n) is 11.3. The van der Waals surface area contributed by atoms with Crippen LogP contribution in [0.25, 0.3) is 11.1 Å². The minimum absolute atomic E-state index is 0.159. The molecular formula is C15H18FN3. The molecule has 4 heteroatoms. The molecule has 1 N–H and O–H groups in total. The van der Waals surface area contributed by atoms with Gasteiger partial charge in [-0.05, 0) is 49.6 Å². The first kappa shape index (κ1) is 12.4. The van der Waals surface area contributed by atoms with Gasteiger partial charge in [-0.15, -0.1) is 0 Å². The predicted molar refractivity (Wildman–Crippen MR) is 73.3 cm³/mol. The summed E-state index contributed by atoms with van der Waals surface area (Å²) in [7, 11) is 1.93. The van der Waals surface area contributed by atoms with Crippen LogP contribution in [0.5, 0.6) is 0 Å². The molecule has 3 nitrogen and oxygen atoms in total. The van der Waals surface area contributed by atoms with Crippen LogP contribution in [0.2, 0.25) is 0 Å². The van der Waals surface area contributed by atoms with Crippen molar-refractivity contribution in [3.05, 3.63) is 41.5 Å². The number of nitrogens with one attached hydrogen (secondary N) is 1. The van der Waals surface area contributed by atoms with Gasteiger partial charge in [0.2, 0.25) is 0 Å². The van der Waals surface area contributed by atoms with E-state index in [-0.39, 0.29) is 5.82 Å². The molecule has 1 unspecified atom stereocenters. The number of hydrogen-bond donors (Lipinski definition) is 1. The van der Waals surface area contributed by atoms with Crippen molar-refractivity contribution < 1.29 is 4.39 Å². The summed E-state index contributed by atoms with van der Waals surface area (Å²) in [6, 6.07) is 5.58. The van der Waals surface area contributed by atoms with Gasteiger partial charge in [-0.25, -0.2) is 4.39 Å². The van der Waals surface area contributed by atoms with Gasteiger partial charge in [-0.2, -0.15) is 5.10 Å². The maximum absolute atomic E-state index is 13.4. The number of halogens is 1. The molecule has 1 aliphatic heterocycles. The van der Waals surface area contributed by atoms with E-state index in [0.29, 0.717) is 11.6 Å². The third kappa shape index (κ3) is 2.28. The number of aromatic nitrogens is 2. The van der Waals surface area contributed by atoms with Crippen molar-refractivity contribution in [1.29, 1.82) is 0 Å². The Hall–Kier alpha value is -1.68. The second kappa shape index (κ2) is 4.78. The first-order valence-electron chi connectivity index (χ1n) is 6.68. The van der Waals surface area contributed by atoms with Crippen molar-refractivity contribution in [1.82, 2.24) is 15.1 Å². The van der Waals surface area contributed by atoms with Crippen LogP contribution in [-0.4, -0.2) is 16.3 Å². The van der Waals surface area contributed by atoms with Crippen LogP contribution in [0.1, 0.15) is 30.1 Å². The van der Waals surface area contributed by atoms with Crippen LogP contribution in [0.4, 0.5) is 4.39 Å². The van der Waals surface area contributed by atoms with E-state index >= 15 is 0 Å². The van der Waals surface area contributed by atoms with Crippen LogP contribution in [0.3, 0.4) is 0 Å². The van der Waals surface area contributed by atoms with Crippen LogP contribution in [0, 0.1) is 12.7 Å². The number of nitrogens with zero attached hydrogens (tertiary/aromatic N) is 2. The highest BCUT2D eigenvalue weighted by molar-refractivity contribution is 5.66. The lowest BCUT2D eigenvalue weighted by Gasteiger charge is -2.10. The average molecular weight is 259 g/mol. The molecule has 0 aliphatic carbocycles. The molecule has 1 fully saturated rings. The van der Waals surface area contributed by atoms with Gasteiger partial charge in [0.15, 0.2) is 0 Å². The van der Waals surface area contributed by atoms with E-state index < -0.39 is 0 Å². The van der Waals surface area contributed by atoms with Crippen molar-refractivity contribution in [2.45, 2.75) is 25.8 Å². The molecule has 3 rings (SSSR count). The summed E-state index contributed by atoms with van der Waals surface area (Å²) in [5.74, 6) is -0.159. The quantitative estimate of drug-likeness (QED) is 0.898. The zero-order valence-corrected chi connectivity index (χ0v) is 11.3. The molecule has 1 aliphatic rings. The summed E-state index contributed by atoms with van der Waals surface area (Å²) < 4.78 is 15.2. The monoisotopic (exact) mass is 259 g/mol. The van der Waals surface area contributed by atoms with E-state index in [1.165, 1.54) is 12.5 Å². The molecule has 2 aromatic rings.